The molecule has 460 valence electrons. The van der Waals surface area contributed by atoms with Crippen LogP contribution in [0.4, 0.5) is 0 Å². The summed E-state index contributed by atoms with van der Waals surface area (Å²) >= 11 is 0. The van der Waals surface area contributed by atoms with Gasteiger partial charge in [-0.15, -0.1) is 0 Å². The van der Waals surface area contributed by atoms with Crippen molar-refractivity contribution >= 4 is 17.9 Å². The Labute approximate surface area is 487 Å². The molecule has 0 saturated heterocycles. The minimum atomic E-state index is -0.776. The lowest BCUT2D eigenvalue weighted by Gasteiger charge is -2.18. The van der Waals surface area contributed by atoms with Crippen LogP contribution in [-0.2, 0) is 28.6 Å². The Morgan fingerprint density at radius 1 is 0.244 bits per heavy atom. The maximum Gasteiger partial charge on any atom is 0.306 e. The van der Waals surface area contributed by atoms with E-state index in [0.29, 0.717) is 19.3 Å². The summed E-state index contributed by atoms with van der Waals surface area (Å²) in [6.45, 7) is 6.65. The molecule has 78 heavy (non-hydrogen) atoms. The molecule has 6 nitrogen and oxygen atoms in total. The van der Waals surface area contributed by atoms with Crippen LogP contribution < -0.4 is 0 Å². The van der Waals surface area contributed by atoms with E-state index in [1.807, 2.05) is 0 Å². The predicted octanol–water partition coefficient (Wildman–Crippen LogP) is 24.2. The van der Waals surface area contributed by atoms with E-state index in [1.165, 1.54) is 289 Å². The first kappa shape index (κ1) is 75.9. The first-order chi connectivity index (χ1) is 38.5. The number of unbranched alkanes of at least 4 members (excludes halogenated alkanes) is 51. The summed E-state index contributed by atoms with van der Waals surface area (Å²) < 4.78 is 16.9. The average Bonchev–Trinajstić information content (AvgIpc) is 3.44. The zero-order valence-corrected chi connectivity index (χ0v) is 53.0. The summed E-state index contributed by atoms with van der Waals surface area (Å²) in [5.41, 5.74) is 0. The predicted molar refractivity (Wildman–Crippen MR) is 340 cm³/mol. The van der Waals surface area contributed by atoms with E-state index < -0.39 is 6.10 Å². The molecule has 0 aliphatic heterocycles. The zero-order valence-electron chi connectivity index (χ0n) is 53.0. The highest BCUT2D eigenvalue weighted by molar-refractivity contribution is 5.71. The summed E-state index contributed by atoms with van der Waals surface area (Å²) in [6, 6.07) is 0. The van der Waals surface area contributed by atoms with Crippen LogP contribution in [0.1, 0.15) is 400 Å². The van der Waals surface area contributed by atoms with Crippen LogP contribution in [0.3, 0.4) is 0 Å². The fourth-order valence-electron chi connectivity index (χ4n) is 10.8. The summed E-state index contributed by atoms with van der Waals surface area (Å²) in [7, 11) is 0. The van der Waals surface area contributed by atoms with Crippen molar-refractivity contribution in [2.75, 3.05) is 13.2 Å². The van der Waals surface area contributed by atoms with Gasteiger partial charge in [0.05, 0.1) is 0 Å². The van der Waals surface area contributed by atoms with Gasteiger partial charge in [0, 0.05) is 19.3 Å². The quantitative estimate of drug-likeness (QED) is 0.0261. The first-order valence-corrected chi connectivity index (χ1v) is 35.3. The van der Waals surface area contributed by atoms with E-state index in [0.717, 1.165) is 70.6 Å². The second kappa shape index (κ2) is 67.4. The molecule has 0 amide bonds. The third kappa shape index (κ3) is 64.7. The molecule has 0 saturated carbocycles. The average molecular weight is 1100 g/mol. The molecule has 0 bridgehead atoms. The van der Waals surface area contributed by atoms with Crippen molar-refractivity contribution < 1.29 is 28.6 Å². The Bertz CT molecular complexity index is 1260. The topological polar surface area (TPSA) is 78.9 Å². The fourth-order valence-corrected chi connectivity index (χ4v) is 10.8. The van der Waals surface area contributed by atoms with E-state index in [-0.39, 0.29) is 31.1 Å². The van der Waals surface area contributed by atoms with Crippen molar-refractivity contribution in [2.24, 2.45) is 0 Å². The number of carbonyl (C=O) groups is 3. The van der Waals surface area contributed by atoms with Gasteiger partial charge in [0.1, 0.15) is 13.2 Å². The fraction of sp³-hybridized carbons (Fsp3) is 0.903. The number of esters is 3. The number of hydrogen-bond acceptors (Lipinski definition) is 6. The second-order valence-corrected chi connectivity index (χ2v) is 24.1. The normalized spacial score (nSPS) is 12.1. The lowest BCUT2D eigenvalue weighted by atomic mass is 10.0. The number of hydrogen-bond donors (Lipinski definition) is 0. The van der Waals surface area contributed by atoms with E-state index in [4.69, 9.17) is 14.2 Å². The molecular weight excluding hydrogens is 961 g/mol. The molecule has 1 unspecified atom stereocenters. The molecule has 0 spiro atoms. The third-order valence-electron chi connectivity index (χ3n) is 16.2. The lowest BCUT2D eigenvalue weighted by Crippen LogP contribution is -2.30. The van der Waals surface area contributed by atoms with E-state index in [9.17, 15) is 14.4 Å². The smallest absolute Gasteiger partial charge is 0.306 e. The molecule has 0 N–H and O–H groups in total. The van der Waals surface area contributed by atoms with Crippen molar-refractivity contribution in [1.82, 2.24) is 0 Å². The van der Waals surface area contributed by atoms with Gasteiger partial charge in [0.15, 0.2) is 6.10 Å². The standard InChI is InChI=1S/C72H136O6/c1-4-7-10-13-16-19-22-25-26-27-28-29-30-31-32-33-34-35-36-37-38-39-40-41-42-43-44-45-46-48-50-53-56-59-62-65-71(74)77-68-69(67-76-70(73)64-61-58-55-52-49-24-21-18-15-12-9-6-3)78-72(75)66-63-60-57-54-51-47-23-20-17-14-11-8-5-2/h18,20-21,23,69H,4-17,19,22,24-68H2,1-3H3/b21-18-,23-20-. The largest absolute Gasteiger partial charge is 0.462 e. The maximum absolute atomic E-state index is 12.9. The van der Waals surface area contributed by atoms with Crippen molar-refractivity contribution in [3.63, 3.8) is 0 Å². The molecule has 0 aromatic rings. The summed E-state index contributed by atoms with van der Waals surface area (Å²) in [6.07, 6.45) is 82.4. The van der Waals surface area contributed by atoms with Crippen molar-refractivity contribution in [2.45, 2.75) is 406 Å². The van der Waals surface area contributed by atoms with Crippen LogP contribution in [-0.4, -0.2) is 37.2 Å². The van der Waals surface area contributed by atoms with Gasteiger partial charge in [-0.05, 0) is 70.6 Å². The lowest BCUT2D eigenvalue weighted by molar-refractivity contribution is -0.167. The molecule has 0 aliphatic carbocycles. The van der Waals surface area contributed by atoms with Gasteiger partial charge >= 0.3 is 17.9 Å². The van der Waals surface area contributed by atoms with Gasteiger partial charge < -0.3 is 14.2 Å². The van der Waals surface area contributed by atoms with Gasteiger partial charge in [0.25, 0.3) is 0 Å². The number of rotatable bonds is 66. The molecule has 0 aromatic heterocycles. The molecule has 1 atom stereocenters. The van der Waals surface area contributed by atoms with E-state index >= 15 is 0 Å². The Morgan fingerprint density at radius 2 is 0.423 bits per heavy atom. The van der Waals surface area contributed by atoms with Gasteiger partial charge in [-0.3, -0.25) is 14.4 Å². The van der Waals surface area contributed by atoms with Crippen LogP contribution in [0.25, 0.3) is 0 Å². The SMILES string of the molecule is CCCCC/C=C\CCCCCCCC(=O)OCC(COC(=O)CCCCCCCCCCCCCCCCCCCCCCCCCCCCCCCCCCCCC)OC(=O)CCCCCCC/C=C\CCCCCC. The van der Waals surface area contributed by atoms with E-state index in [1.54, 1.807) is 0 Å². The summed E-state index contributed by atoms with van der Waals surface area (Å²) in [5, 5.41) is 0. The zero-order chi connectivity index (χ0) is 56.4. The van der Waals surface area contributed by atoms with Crippen molar-refractivity contribution in [3.8, 4) is 0 Å². The molecular formula is C72H136O6. The number of allylic oxidation sites excluding steroid dienone is 4. The number of ether oxygens (including phenoxy) is 3. The molecule has 6 heteroatoms. The van der Waals surface area contributed by atoms with Gasteiger partial charge in [-0.25, -0.2) is 0 Å². The Balaban J connectivity index is 3.98. The molecule has 0 aromatic carbocycles. The highest BCUT2D eigenvalue weighted by atomic mass is 16.6. The summed E-state index contributed by atoms with van der Waals surface area (Å²) in [5.74, 6) is -0.868. The molecule has 0 radical (unpaired) electrons. The number of carbonyl (C=O) groups excluding carboxylic acids is 3. The van der Waals surface area contributed by atoms with Crippen LogP contribution in [0.15, 0.2) is 24.3 Å². The van der Waals surface area contributed by atoms with Crippen LogP contribution in [0, 0.1) is 0 Å². The van der Waals surface area contributed by atoms with Gasteiger partial charge in [-0.2, -0.15) is 0 Å². The van der Waals surface area contributed by atoms with Crippen molar-refractivity contribution in [3.05, 3.63) is 24.3 Å². The molecule has 0 aliphatic rings. The first-order valence-electron chi connectivity index (χ1n) is 35.3. The maximum atomic E-state index is 12.9. The highest BCUT2D eigenvalue weighted by Crippen LogP contribution is 2.19. The van der Waals surface area contributed by atoms with Crippen LogP contribution >= 0.6 is 0 Å². The minimum Gasteiger partial charge on any atom is -0.462 e. The Kier molecular flexibility index (Phi) is 65.6. The summed E-state index contributed by atoms with van der Waals surface area (Å²) in [4.78, 5) is 38.2. The van der Waals surface area contributed by atoms with Gasteiger partial charge in [0.2, 0.25) is 0 Å². The molecule has 0 rings (SSSR count). The molecule has 0 fully saturated rings. The Hall–Kier alpha value is -2.11. The second-order valence-electron chi connectivity index (χ2n) is 24.1. The Morgan fingerprint density at radius 3 is 0.679 bits per heavy atom. The highest BCUT2D eigenvalue weighted by Gasteiger charge is 2.19. The third-order valence-corrected chi connectivity index (χ3v) is 16.2. The minimum absolute atomic E-state index is 0.0727. The van der Waals surface area contributed by atoms with Gasteiger partial charge in [-0.1, -0.05) is 334 Å². The molecule has 0 heterocycles. The van der Waals surface area contributed by atoms with Crippen LogP contribution in [0.2, 0.25) is 0 Å². The van der Waals surface area contributed by atoms with E-state index in [2.05, 4.69) is 45.1 Å². The van der Waals surface area contributed by atoms with Crippen LogP contribution in [0.5, 0.6) is 0 Å². The van der Waals surface area contributed by atoms with Crippen molar-refractivity contribution in [1.29, 1.82) is 0 Å². The monoisotopic (exact) mass is 1100 g/mol.